The van der Waals surface area contributed by atoms with Gasteiger partial charge < -0.3 is 20.1 Å². The Bertz CT molecular complexity index is 1160. The van der Waals surface area contributed by atoms with E-state index in [1.54, 1.807) is 17.0 Å². The third-order valence-corrected chi connectivity index (χ3v) is 6.74. The normalized spacial score (nSPS) is 16.6. The molecule has 0 spiro atoms. The lowest BCUT2D eigenvalue weighted by Gasteiger charge is -2.38. The summed E-state index contributed by atoms with van der Waals surface area (Å²) in [6.07, 6.45) is -0.485. The number of morpholine rings is 1. The van der Waals surface area contributed by atoms with E-state index in [9.17, 15) is 14.7 Å². The van der Waals surface area contributed by atoms with Gasteiger partial charge in [-0.15, -0.1) is 0 Å². The number of urea groups is 1. The third kappa shape index (κ3) is 7.89. The number of aliphatic hydroxyl groups is 1. The average Bonchev–Trinajstić information content (AvgIpc) is 2.94. The molecular weight excluding hydrogens is 480 g/mol. The fourth-order valence-corrected chi connectivity index (χ4v) is 4.74. The summed E-state index contributed by atoms with van der Waals surface area (Å²) >= 11 is 0. The van der Waals surface area contributed by atoms with Crippen LogP contribution in [-0.4, -0.2) is 78.6 Å². The van der Waals surface area contributed by atoms with E-state index >= 15 is 0 Å². The first kappa shape index (κ1) is 27.3. The predicted octanol–water partition coefficient (Wildman–Crippen LogP) is 2.99. The van der Waals surface area contributed by atoms with Gasteiger partial charge in [-0.1, -0.05) is 78.9 Å². The largest absolute Gasteiger partial charge is 0.385 e. The van der Waals surface area contributed by atoms with Crippen LogP contribution in [0.25, 0.3) is 0 Å². The summed E-state index contributed by atoms with van der Waals surface area (Å²) in [5.74, 6) is -0.229. The molecular formula is C30H37N4O4+. The van der Waals surface area contributed by atoms with Crippen molar-refractivity contribution in [2.45, 2.75) is 25.1 Å². The van der Waals surface area contributed by atoms with Crippen LogP contribution < -0.4 is 10.7 Å². The summed E-state index contributed by atoms with van der Waals surface area (Å²) < 4.78 is 5.43. The Labute approximate surface area is 224 Å². The minimum atomic E-state index is -0.940. The predicted molar refractivity (Wildman–Crippen MR) is 146 cm³/mol. The van der Waals surface area contributed by atoms with Gasteiger partial charge in [-0.25, -0.2) is 9.39 Å². The Morgan fingerprint density at radius 2 is 1.45 bits per heavy atom. The molecule has 8 heteroatoms. The van der Waals surface area contributed by atoms with Crippen LogP contribution in [-0.2, 0) is 17.7 Å². The minimum absolute atomic E-state index is 0.0532. The van der Waals surface area contributed by atoms with Crippen LogP contribution in [0.15, 0.2) is 91.0 Å². The van der Waals surface area contributed by atoms with Crippen molar-refractivity contribution in [3.05, 3.63) is 108 Å². The Morgan fingerprint density at radius 1 is 0.895 bits per heavy atom. The Hall–Kier alpha value is -3.72. The molecule has 1 aliphatic heterocycles. The maximum absolute atomic E-state index is 13.2. The van der Waals surface area contributed by atoms with Crippen LogP contribution in [0, 0.1) is 0 Å². The highest BCUT2D eigenvalue weighted by Gasteiger charge is 2.34. The van der Waals surface area contributed by atoms with Crippen LogP contribution in [0.4, 0.5) is 4.79 Å². The highest BCUT2D eigenvalue weighted by molar-refractivity contribution is 5.93. The van der Waals surface area contributed by atoms with Crippen molar-refractivity contribution in [2.24, 2.45) is 0 Å². The lowest BCUT2D eigenvalue weighted by molar-refractivity contribution is -0.958. The second-order valence-corrected chi connectivity index (χ2v) is 9.94. The number of aliphatic hydroxyl groups excluding tert-OH is 1. The van der Waals surface area contributed by atoms with E-state index in [0.717, 1.165) is 11.1 Å². The summed E-state index contributed by atoms with van der Waals surface area (Å²) in [7, 11) is 1.89. The standard InChI is InChI=1S/C30H36N4O4/c1-34(22-25-13-7-3-8-14-25,32-29(36)26-15-9-4-10-16-26)23-28(35)27(21-24-11-5-2-6-12-24)31-30(37)33-17-19-38-20-18-33/h2-16,27-28,35H,17-23H2,1H3,(H-,31,32,36,37)/p+1/t27-,28-,34?/m0/s1. The number of quaternary nitrogens is 1. The number of amides is 3. The van der Waals surface area contributed by atoms with Gasteiger partial charge in [0.15, 0.2) is 0 Å². The first-order valence-corrected chi connectivity index (χ1v) is 13.0. The number of nitrogens with zero attached hydrogens (tertiary/aromatic N) is 2. The summed E-state index contributed by atoms with van der Waals surface area (Å²) in [4.78, 5) is 28.0. The van der Waals surface area contributed by atoms with Crippen LogP contribution in [0.5, 0.6) is 0 Å². The molecule has 3 N–H and O–H groups in total. The number of rotatable bonds is 10. The van der Waals surface area contributed by atoms with Gasteiger partial charge in [0.25, 0.3) is 5.91 Å². The number of carbonyl (C=O) groups is 2. The number of hydrogen-bond acceptors (Lipinski definition) is 4. The van der Waals surface area contributed by atoms with E-state index in [4.69, 9.17) is 4.74 Å². The zero-order chi connectivity index (χ0) is 26.8. The molecule has 1 unspecified atom stereocenters. The molecule has 200 valence electrons. The summed E-state index contributed by atoms with van der Waals surface area (Å²) in [6.45, 7) is 2.66. The molecule has 4 rings (SSSR count). The molecule has 38 heavy (non-hydrogen) atoms. The summed E-state index contributed by atoms with van der Waals surface area (Å²) in [5.41, 5.74) is 5.69. The second kappa shape index (κ2) is 13.2. The van der Waals surface area contributed by atoms with Crippen molar-refractivity contribution in [3.63, 3.8) is 0 Å². The van der Waals surface area contributed by atoms with E-state index in [1.807, 2.05) is 85.9 Å². The molecule has 0 saturated carbocycles. The number of hydrogen-bond donors (Lipinski definition) is 3. The van der Waals surface area contributed by atoms with Crippen LogP contribution >= 0.6 is 0 Å². The molecule has 3 aromatic rings. The summed E-state index contributed by atoms with van der Waals surface area (Å²) in [6, 6.07) is 27.9. The highest BCUT2D eigenvalue weighted by Crippen LogP contribution is 2.16. The van der Waals surface area contributed by atoms with Crippen molar-refractivity contribution in [1.82, 2.24) is 15.6 Å². The van der Waals surface area contributed by atoms with Crippen LogP contribution in [0.3, 0.4) is 0 Å². The van der Waals surface area contributed by atoms with E-state index in [2.05, 4.69) is 10.7 Å². The monoisotopic (exact) mass is 517 g/mol. The van der Waals surface area contributed by atoms with Gasteiger partial charge in [-0.3, -0.25) is 4.79 Å². The molecule has 1 aliphatic rings. The fraction of sp³-hybridized carbons (Fsp3) is 0.333. The number of benzene rings is 3. The van der Waals surface area contributed by atoms with Gasteiger partial charge in [0.1, 0.15) is 19.2 Å². The Balaban J connectivity index is 1.55. The van der Waals surface area contributed by atoms with Crippen molar-refractivity contribution < 1.29 is 24.0 Å². The summed E-state index contributed by atoms with van der Waals surface area (Å²) in [5, 5.41) is 14.7. The molecule has 3 aromatic carbocycles. The van der Waals surface area contributed by atoms with Gasteiger partial charge in [0.2, 0.25) is 0 Å². The van der Waals surface area contributed by atoms with E-state index in [-0.39, 0.29) is 23.1 Å². The minimum Gasteiger partial charge on any atom is -0.385 e. The molecule has 8 nitrogen and oxygen atoms in total. The average molecular weight is 518 g/mol. The SMILES string of the molecule is C[N+](Cc1ccccc1)(C[C@H](O)[C@H](Cc1ccccc1)NC(=O)N1CCOCC1)NC(=O)c1ccccc1. The molecule has 1 saturated heterocycles. The molecule has 3 atom stereocenters. The smallest absolute Gasteiger partial charge is 0.317 e. The second-order valence-electron chi connectivity index (χ2n) is 9.94. The third-order valence-electron chi connectivity index (χ3n) is 6.74. The van der Waals surface area contributed by atoms with Gasteiger partial charge in [-0.2, -0.15) is 5.43 Å². The molecule has 1 heterocycles. The highest BCUT2D eigenvalue weighted by atomic mass is 16.5. The quantitative estimate of drug-likeness (QED) is 0.285. The lowest BCUT2D eigenvalue weighted by atomic mass is 10.0. The van der Waals surface area contributed by atoms with Crippen molar-refractivity contribution in [1.29, 1.82) is 0 Å². The van der Waals surface area contributed by atoms with Crippen molar-refractivity contribution in [2.75, 3.05) is 39.9 Å². The fourth-order valence-electron chi connectivity index (χ4n) is 4.74. The first-order chi connectivity index (χ1) is 18.4. The molecule has 0 aliphatic carbocycles. The zero-order valence-corrected chi connectivity index (χ0v) is 21.8. The van der Waals surface area contributed by atoms with E-state index < -0.39 is 12.1 Å². The first-order valence-electron chi connectivity index (χ1n) is 13.0. The van der Waals surface area contributed by atoms with E-state index in [0.29, 0.717) is 44.8 Å². The van der Waals surface area contributed by atoms with Gasteiger partial charge >= 0.3 is 6.03 Å². The van der Waals surface area contributed by atoms with Gasteiger partial charge in [0, 0.05) is 24.2 Å². The topological polar surface area (TPSA) is 90.9 Å². The number of likely N-dealkylation sites (N-methyl/N-ethyl adjacent to an activating group) is 1. The Kier molecular flexibility index (Phi) is 9.48. The maximum atomic E-state index is 13.2. The zero-order valence-electron chi connectivity index (χ0n) is 21.8. The van der Waals surface area contributed by atoms with Gasteiger partial charge in [0.05, 0.1) is 26.3 Å². The molecule has 0 radical (unpaired) electrons. The van der Waals surface area contributed by atoms with Crippen LogP contribution in [0.2, 0.25) is 0 Å². The number of ether oxygens (including phenoxy) is 1. The van der Waals surface area contributed by atoms with Crippen molar-refractivity contribution in [3.8, 4) is 0 Å². The molecule has 0 aromatic heterocycles. The molecule has 1 fully saturated rings. The number of carbonyl (C=O) groups excluding carboxylic acids is 2. The lowest BCUT2D eigenvalue weighted by Crippen LogP contribution is -2.63. The number of nitrogens with one attached hydrogen (secondary N) is 2. The maximum Gasteiger partial charge on any atom is 0.317 e. The van der Waals surface area contributed by atoms with Crippen LogP contribution in [0.1, 0.15) is 21.5 Å². The van der Waals surface area contributed by atoms with Crippen molar-refractivity contribution >= 4 is 11.9 Å². The van der Waals surface area contributed by atoms with Gasteiger partial charge in [-0.05, 0) is 24.1 Å². The molecule has 0 bridgehead atoms. The van der Waals surface area contributed by atoms with E-state index in [1.165, 1.54) is 0 Å². The molecule has 3 amide bonds. The Morgan fingerprint density at radius 3 is 2.05 bits per heavy atom.